The first-order valence-electron chi connectivity index (χ1n) is 8.50. The Hall–Kier alpha value is -2.95. The van der Waals surface area contributed by atoms with Crippen LogP contribution in [0.4, 0.5) is 10.5 Å². The van der Waals surface area contributed by atoms with Gasteiger partial charge >= 0.3 is 17.8 Å². The number of methoxy groups -OCH3 is 2. The van der Waals surface area contributed by atoms with Crippen molar-refractivity contribution in [3.63, 3.8) is 0 Å². The molecule has 2 aromatic rings. The zero-order valence-corrected chi connectivity index (χ0v) is 16.6. The van der Waals surface area contributed by atoms with Crippen LogP contribution in [0.15, 0.2) is 27.8 Å². The fourth-order valence-electron chi connectivity index (χ4n) is 2.74. The number of carbonyl (C=O) groups is 2. The summed E-state index contributed by atoms with van der Waals surface area (Å²) < 4.78 is 15.7. The van der Waals surface area contributed by atoms with E-state index >= 15 is 0 Å². The highest BCUT2D eigenvalue weighted by Gasteiger charge is 2.28. The molecule has 1 saturated heterocycles. The van der Waals surface area contributed by atoms with Gasteiger partial charge in [0.2, 0.25) is 0 Å². The molecule has 0 radical (unpaired) electrons. The molecule has 1 aromatic carbocycles. The summed E-state index contributed by atoms with van der Waals surface area (Å²) in [5, 5.41) is 10.7. The van der Waals surface area contributed by atoms with Crippen LogP contribution in [0, 0.1) is 0 Å². The number of nitrogens with one attached hydrogen (secondary N) is 1. The number of ether oxygens (including phenoxy) is 2. The minimum Gasteiger partial charge on any atom is -0.493 e. The lowest BCUT2D eigenvalue weighted by atomic mass is 10.2. The molecule has 0 spiro atoms. The largest absolute Gasteiger partial charge is 0.493 e. The molecule has 0 bridgehead atoms. The van der Waals surface area contributed by atoms with Gasteiger partial charge in [-0.3, -0.25) is 4.79 Å². The van der Waals surface area contributed by atoms with E-state index in [1.807, 2.05) is 0 Å². The van der Waals surface area contributed by atoms with Crippen LogP contribution in [0.1, 0.15) is 10.7 Å². The van der Waals surface area contributed by atoms with Crippen LogP contribution in [0.3, 0.4) is 0 Å². The van der Waals surface area contributed by atoms with Crippen molar-refractivity contribution in [3.05, 3.63) is 24.1 Å². The van der Waals surface area contributed by atoms with Gasteiger partial charge in [-0.15, -0.1) is 10.2 Å². The third kappa shape index (κ3) is 4.30. The summed E-state index contributed by atoms with van der Waals surface area (Å²) in [7, 11) is 3.08. The van der Waals surface area contributed by atoms with Crippen LogP contribution >= 0.6 is 11.8 Å². The Labute approximate surface area is 166 Å². The van der Waals surface area contributed by atoms with Crippen molar-refractivity contribution in [2.75, 3.05) is 52.0 Å². The number of hydrogen-bond acceptors (Lipinski definition) is 8. The topological polar surface area (TPSA) is 110 Å². The third-order valence-electron chi connectivity index (χ3n) is 4.25. The SMILES string of the molecule is COc1ccc(NC(=O)N2CCN(C(=O)c3nnc(SC)o3)CC2)cc1OC. The van der Waals surface area contributed by atoms with Crippen LogP contribution in [0.25, 0.3) is 0 Å². The lowest BCUT2D eigenvalue weighted by Crippen LogP contribution is -2.51. The first-order chi connectivity index (χ1) is 13.5. The van der Waals surface area contributed by atoms with Gasteiger partial charge in [0.05, 0.1) is 14.2 Å². The van der Waals surface area contributed by atoms with Gasteiger partial charge in [-0.1, -0.05) is 11.8 Å². The Morgan fingerprint density at radius 2 is 1.75 bits per heavy atom. The number of rotatable bonds is 5. The molecule has 150 valence electrons. The maximum atomic E-state index is 12.5. The zero-order chi connectivity index (χ0) is 20.1. The van der Waals surface area contributed by atoms with E-state index in [2.05, 4.69) is 15.5 Å². The van der Waals surface area contributed by atoms with Crippen LogP contribution in [-0.2, 0) is 0 Å². The number of urea groups is 1. The van der Waals surface area contributed by atoms with Crippen molar-refractivity contribution in [2.45, 2.75) is 5.22 Å². The predicted octanol–water partition coefficient (Wildman–Crippen LogP) is 1.80. The summed E-state index contributed by atoms with van der Waals surface area (Å²) in [5.74, 6) is 0.749. The van der Waals surface area contributed by atoms with Crippen molar-refractivity contribution in [2.24, 2.45) is 0 Å². The Morgan fingerprint density at radius 3 is 2.36 bits per heavy atom. The molecule has 1 aromatic heterocycles. The van der Waals surface area contributed by atoms with E-state index in [-0.39, 0.29) is 17.8 Å². The van der Waals surface area contributed by atoms with Crippen molar-refractivity contribution >= 4 is 29.4 Å². The molecule has 10 nitrogen and oxygen atoms in total. The van der Waals surface area contributed by atoms with Gasteiger partial charge < -0.3 is 29.0 Å². The van der Waals surface area contributed by atoms with Crippen molar-refractivity contribution in [1.82, 2.24) is 20.0 Å². The minimum atomic E-state index is -0.326. The predicted molar refractivity (Wildman–Crippen MR) is 102 cm³/mol. The van der Waals surface area contributed by atoms with Gasteiger partial charge in [0.25, 0.3) is 5.22 Å². The van der Waals surface area contributed by atoms with E-state index in [9.17, 15) is 9.59 Å². The second-order valence-electron chi connectivity index (χ2n) is 5.86. The summed E-state index contributed by atoms with van der Waals surface area (Å²) in [5.41, 5.74) is 0.594. The maximum Gasteiger partial charge on any atom is 0.321 e. The van der Waals surface area contributed by atoms with Crippen LogP contribution < -0.4 is 14.8 Å². The number of hydrogen-bond donors (Lipinski definition) is 1. The molecule has 1 aliphatic rings. The third-order valence-corrected chi connectivity index (χ3v) is 4.77. The lowest BCUT2D eigenvalue weighted by molar-refractivity contribution is 0.0627. The average Bonchev–Trinajstić information content (AvgIpc) is 3.22. The molecule has 11 heteroatoms. The van der Waals surface area contributed by atoms with E-state index in [4.69, 9.17) is 13.9 Å². The highest BCUT2D eigenvalue weighted by Crippen LogP contribution is 2.29. The zero-order valence-electron chi connectivity index (χ0n) is 15.8. The summed E-state index contributed by atoms with van der Waals surface area (Å²) in [6, 6.07) is 4.90. The van der Waals surface area contributed by atoms with Gasteiger partial charge in [-0.05, 0) is 18.4 Å². The lowest BCUT2D eigenvalue weighted by Gasteiger charge is -2.34. The Balaban J connectivity index is 1.55. The van der Waals surface area contributed by atoms with Crippen LogP contribution in [0.5, 0.6) is 11.5 Å². The molecule has 2 heterocycles. The number of carbonyl (C=O) groups excluding carboxylic acids is 2. The van der Waals surface area contributed by atoms with E-state index in [0.29, 0.717) is 48.6 Å². The van der Waals surface area contributed by atoms with Crippen molar-refractivity contribution < 1.29 is 23.5 Å². The standard InChI is InChI=1S/C17H21N5O5S/c1-25-12-5-4-11(10-13(12)26-2)18-16(24)22-8-6-21(7-9-22)15(23)14-19-20-17(27-14)28-3/h4-5,10H,6-9H2,1-3H3,(H,18,24). The number of benzene rings is 1. The molecule has 3 rings (SSSR count). The highest BCUT2D eigenvalue weighted by molar-refractivity contribution is 7.98. The second kappa shape index (κ2) is 8.83. The summed E-state index contributed by atoms with van der Waals surface area (Å²) in [6.07, 6.45) is 1.79. The number of piperazine rings is 1. The van der Waals surface area contributed by atoms with E-state index in [0.717, 1.165) is 0 Å². The number of anilines is 1. The molecule has 0 atom stereocenters. The quantitative estimate of drug-likeness (QED) is 0.747. The molecular weight excluding hydrogens is 386 g/mol. The first kappa shape index (κ1) is 19.8. The van der Waals surface area contributed by atoms with Gasteiger partial charge in [0, 0.05) is 37.9 Å². The van der Waals surface area contributed by atoms with Gasteiger partial charge in [-0.2, -0.15) is 0 Å². The second-order valence-corrected chi connectivity index (χ2v) is 6.61. The number of aromatic nitrogens is 2. The molecule has 1 aliphatic heterocycles. The first-order valence-corrected chi connectivity index (χ1v) is 9.73. The molecule has 1 fully saturated rings. The van der Waals surface area contributed by atoms with Crippen molar-refractivity contribution in [3.8, 4) is 11.5 Å². The monoisotopic (exact) mass is 407 g/mol. The normalized spacial score (nSPS) is 14.0. The van der Waals surface area contributed by atoms with E-state index in [1.165, 1.54) is 18.9 Å². The molecule has 3 amide bonds. The summed E-state index contributed by atoms with van der Waals surface area (Å²) >= 11 is 1.27. The van der Waals surface area contributed by atoms with Gasteiger partial charge in [-0.25, -0.2) is 4.79 Å². The summed E-state index contributed by atoms with van der Waals surface area (Å²) in [4.78, 5) is 28.1. The molecule has 0 aliphatic carbocycles. The van der Waals surface area contributed by atoms with E-state index in [1.54, 1.807) is 41.4 Å². The minimum absolute atomic E-state index is 0.0346. The van der Waals surface area contributed by atoms with Gasteiger partial charge in [0.15, 0.2) is 11.5 Å². The fourth-order valence-corrected chi connectivity index (χ4v) is 3.03. The molecule has 1 N–H and O–H groups in total. The molecule has 0 saturated carbocycles. The Kier molecular flexibility index (Phi) is 6.24. The van der Waals surface area contributed by atoms with Crippen LogP contribution in [0.2, 0.25) is 0 Å². The molecule has 28 heavy (non-hydrogen) atoms. The average molecular weight is 407 g/mol. The van der Waals surface area contributed by atoms with Crippen LogP contribution in [-0.4, -0.2) is 78.6 Å². The number of amides is 3. The molecular formula is C17H21N5O5S. The van der Waals surface area contributed by atoms with E-state index < -0.39 is 0 Å². The van der Waals surface area contributed by atoms with Gasteiger partial charge in [0.1, 0.15) is 0 Å². The highest BCUT2D eigenvalue weighted by atomic mass is 32.2. The molecule has 0 unspecified atom stereocenters. The number of thioether (sulfide) groups is 1. The smallest absolute Gasteiger partial charge is 0.321 e. The van der Waals surface area contributed by atoms with Crippen molar-refractivity contribution in [1.29, 1.82) is 0 Å². The summed E-state index contributed by atoms with van der Waals surface area (Å²) in [6.45, 7) is 1.56. The number of nitrogens with zero attached hydrogens (tertiary/aromatic N) is 4. The Bertz CT molecular complexity index is 850. The Morgan fingerprint density at radius 1 is 1.07 bits per heavy atom. The maximum absolute atomic E-state index is 12.5. The fraction of sp³-hybridized carbons (Fsp3) is 0.412.